The first-order chi connectivity index (χ1) is 21.1. The monoisotopic (exact) mass is 617 g/mol. The van der Waals surface area contributed by atoms with Crippen LogP contribution in [0.15, 0.2) is 67.3 Å². The van der Waals surface area contributed by atoms with Gasteiger partial charge in [0.05, 0.1) is 12.2 Å². The van der Waals surface area contributed by atoms with E-state index >= 15 is 4.39 Å². The Morgan fingerprint density at radius 1 is 0.911 bits per heavy atom. The lowest BCUT2D eigenvalue weighted by Gasteiger charge is -2.26. The number of hydrogen-bond acceptors (Lipinski definition) is 8. The number of rotatable bonds is 5. The molecule has 0 aliphatic rings. The highest BCUT2D eigenvalue weighted by molar-refractivity contribution is 6.08. The zero-order valence-corrected chi connectivity index (χ0v) is 25.9. The van der Waals surface area contributed by atoms with Gasteiger partial charge in [-0.05, 0) is 89.9 Å². The summed E-state index contributed by atoms with van der Waals surface area (Å²) in [6.45, 7) is 11.9. The molecule has 1 atom stereocenters. The number of fused-ring (bicyclic) bond motifs is 1. The molecule has 4 aromatic heterocycles. The fourth-order valence-electron chi connectivity index (χ4n) is 4.42. The Kier molecular flexibility index (Phi) is 8.13. The fourth-order valence-corrected chi connectivity index (χ4v) is 4.42. The number of aromatic nitrogens is 6. The molecule has 0 saturated carbocycles. The highest BCUT2D eigenvalue weighted by atomic mass is 19.1. The molecule has 0 aliphatic heterocycles. The van der Waals surface area contributed by atoms with Crippen LogP contribution in [0, 0.1) is 11.6 Å². The summed E-state index contributed by atoms with van der Waals surface area (Å²) in [6, 6.07) is 10.6. The molecule has 0 saturated heterocycles. The minimum atomic E-state index is -1.01. The van der Waals surface area contributed by atoms with Crippen LogP contribution in [0.4, 0.5) is 24.3 Å². The maximum absolute atomic E-state index is 16.0. The minimum absolute atomic E-state index is 0.0908. The molecule has 0 spiro atoms. The van der Waals surface area contributed by atoms with Gasteiger partial charge in [-0.25, -0.2) is 22.9 Å². The normalized spacial score (nSPS) is 12.6. The van der Waals surface area contributed by atoms with E-state index < -0.39 is 29.2 Å². The van der Waals surface area contributed by atoms with E-state index in [2.05, 4.69) is 20.2 Å². The summed E-state index contributed by atoms with van der Waals surface area (Å²) in [4.78, 5) is 35.3. The average Bonchev–Trinajstić information content (AvgIpc) is 3.58. The van der Waals surface area contributed by atoms with Crippen LogP contribution in [0.1, 0.15) is 60.1 Å². The molecule has 234 valence electrons. The van der Waals surface area contributed by atoms with Crippen LogP contribution in [-0.4, -0.2) is 52.8 Å². The Morgan fingerprint density at radius 3 is 2.18 bits per heavy atom. The molecule has 0 unspecified atom stereocenters. The third kappa shape index (κ3) is 6.97. The number of ether oxygens (including phenoxy) is 2. The van der Waals surface area contributed by atoms with Gasteiger partial charge < -0.3 is 9.47 Å². The third-order valence-corrected chi connectivity index (χ3v) is 6.50. The van der Waals surface area contributed by atoms with Crippen molar-refractivity contribution in [3.8, 4) is 22.4 Å². The number of hydrogen-bond donors (Lipinski definition) is 0. The number of carbonyl (C=O) groups excluding carboxylic acids is 2. The predicted octanol–water partition coefficient (Wildman–Crippen LogP) is 7.22. The molecule has 4 heterocycles. The molecular weight excluding hydrogens is 584 g/mol. The van der Waals surface area contributed by atoms with Crippen LogP contribution >= 0.6 is 0 Å². The smallest absolute Gasteiger partial charge is 0.427 e. The highest BCUT2D eigenvalue weighted by Crippen LogP contribution is 2.31. The quantitative estimate of drug-likeness (QED) is 0.203. The molecule has 0 radical (unpaired) electrons. The summed E-state index contributed by atoms with van der Waals surface area (Å²) in [7, 11) is 0. The topological polar surface area (TPSA) is 117 Å². The van der Waals surface area contributed by atoms with Crippen molar-refractivity contribution >= 4 is 23.8 Å². The Labute approximate surface area is 258 Å². The number of benzene rings is 1. The fraction of sp³-hybridized carbons (Fsp3) is 0.312. The van der Waals surface area contributed by atoms with Crippen LogP contribution < -0.4 is 4.90 Å². The summed E-state index contributed by atoms with van der Waals surface area (Å²) in [6.07, 6.45) is 4.20. The van der Waals surface area contributed by atoms with E-state index in [-0.39, 0.29) is 34.7 Å². The lowest BCUT2D eigenvalue weighted by atomic mass is 10.0. The molecule has 2 amide bonds. The van der Waals surface area contributed by atoms with Gasteiger partial charge >= 0.3 is 12.2 Å². The largest absolute Gasteiger partial charge is 0.443 e. The van der Waals surface area contributed by atoms with Gasteiger partial charge in [-0.15, -0.1) is 10.00 Å². The maximum atomic E-state index is 16.0. The second-order valence-electron chi connectivity index (χ2n) is 12.4. The van der Waals surface area contributed by atoms with Crippen LogP contribution in [0.25, 0.3) is 28.0 Å². The number of carbonyl (C=O) groups is 2. The summed E-state index contributed by atoms with van der Waals surface area (Å²) < 4.78 is 43.2. The molecule has 1 aromatic carbocycles. The van der Waals surface area contributed by atoms with E-state index in [4.69, 9.17) is 9.47 Å². The van der Waals surface area contributed by atoms with Crippen molar-refractivity contribution in [2.24, 2.45) is 0 Å². The third-order valence-electron chi connectivity index (χ3n) is 6.50. The molecule has 0 aliphatic carbocycles. The van der Waals surface area contributed by atoms with Gasteiger partial charge in [0.2, 0.25) is 0 Å². The number of halogens is 2. The van der Waals surface area contributed by atoms with Crippen molar-refractivity contribution in [2.45, 2.75) is 65.7 Å². The van der Waals surface area contributed by atoms with Gasteiger partial charge in [0, 0.05) is 29.7 Å². The van der Waals surface area contributed by atoms with E-state index in [1.54, 1.807) is 76.7 Å². The first-order valence-electron chi connectivity index (χ1n) is 14.2. The zero-order valence-electron chi connectivity index (χ0n) is 25.9. The van der Waals surface area contributed by atoms with Gasteiger partial charge in [-0.2, -0.15) is 10.1 Å². The molecule has 0 fully saturated rings. The maximum Gasteiger partial charge on any atom is 0.427 e. The molecule has 45 heavy (non-hydrogen) atoms. The van der Waals surface area contributed by atoms with Gasteiger partial charge in [-0.3, -0.25) is 9.67 Å². The number of amides is 2. The molecule has 0 bridgehead atoms. The molecule has 5 rings (SSSR count). The summed E-state index contributed by atoms with van der Waals surface area (Å²) in [5.74, 6) is -1.19. The van der Waals surface area contributed by atoms with Gasteiger partial charge in [0.15, 0.2) is 11.5 Å². The van der Waals surface area contributed by atoms with Gasteiger partial charge in [-0.1, -0.05) is 12.1 Å². The zero-order chi connectivity index (χ0) is 32.7. The Bertz CT molecular complexity index is 1840. The summed E-state index contributed by atoms with van der Waals surface area (Å²) in [5, 5.41) is 8.66. The first kappa shape index (κ1) is 31.2. The van der Waals surface area contributed by atoms with Gasteiger partial charge in [0.25, 0.3) is 5.95 Å². The van der Waals surface area contributed by atoms with E-state index in [0.717, 1.165) is 5.56 Å². The van der Waals surface area contributed by atoms with Crippen molar-refractivity contribution in [1.29, 1.82) is 0 Å². The van der Waals surface area contributed by atoms with Crippen LogP contribution in [0.5, 0.6) is 0 Å². The van der Waals surface area contributed by atoms with E-state index in [1.165, 1.54) is 41.3 Å². The second-order valence-corrected chi connectivity index (χ2v) is 12.4. The second kappa shape index (κ2) is 11.7. The van der Waals surface area contributed by atoms with Crippen LogP contribution in [-0.2, 0) is 9.47 Å². The Morgan fingerprint density at radius 2 is 1.56 bits per heavy atom. The van der Waals surface area contributed by atoms with Crippen molar-refractivity contribution in [3.05, 3.63) is 84.4 Å². The Balaban J connectivity index is 1.47. The Hall–Kier alpha value is -5.20. The first-order valence-corrected chi connectivity index (χ1v) is 14.2. The number of anilines is 1. The van der Waals surface area contributed by atoms with Crippen molar-refractivity contribution in [2.75, 3.05) is 4.90 Å². The van der Waals surface area contributed by atoms with Crippen LogP contribution in [0.2, 0.25) is 0 Å². The number of pyridine rings is 2. The standard InChI is InChI=1S/C32H33F2N7O4/c1-19(20-8-10-23(33)11-9-20)40-18-22(17-36-40)27-26(34)24(12-14-35-27)21-13-15-39-25(16-21)37-28(38-39)41(29(42)44-31(2,3)4)30(43)45-32(5,6)7/h8-19H,1-7H3/t19-/m1/s1. The van der Waals surface area contributed by atoms with Gasteiger partial charge in [0.1, 0.15) is 22.7 Å². The van der Waals surface area contributed by atoms with Crippen LogP contribution in [0.3, 0.4) is 0 Å². The van der Waals surface area contributed by atoms with Crippen molar-refractivity contribution < 1.29 is 27.8 Å². The highest BCUT2D eigenvalue weighted by Gasteiger charge is 2.35. The lowest BCUT2D eigenvalue weighted by Crippen LogP contribution is -2.44. The SMILES string of the molecule is C[C@H](c1ccc(F)cc1)n1cc(-c2nccc(-c3ccn4nc(N(C(=O)OC(C)(C)C)C(=O)OC(C)(C)C)nc4c3)c2F)cn1. The van der Waals surface area contributed by atoms with Crippen molar-refractivity contribution in [3.63, 3.8) is 0 Å². The van der Waals surface area contributed by atoms with Crippen molar-refractivity contribution in [1.82, 2.24) is 29.4 Å². The average molecular weight is 618 g/mol. The van der Waals surface area contributed by atoms with E-state index in [1.807, 2.05) is 6.92 Å². The predicted molar refractivity (Wildman–Crippen MR) is 163 cm³/mol. The number of imide groups is 1. The molecule has 5 aromatic rings. The lowest BCUT2D eigenvalue weighted by molar-refractivity contribution is 0.0427. The summed E-state index contributed by atoms with van der Waals surface area (Å²) >= 11 is 0. The molecule has 13 heteroatoms. The molecular formula is C32H33F2N7O4. The number of nitrogens with zero attached hydrogens (tertiary/aromatic N) is 7. The summed E-state index contributed by atoms with van der Waals surface area (Å²) in [5.41, 5.74) is 0.501. The van der Waals surface area contributed by atoms with E-state index in [0.29, 0.717) is 16.0 Å². The van der Waals surface area contributed by atoms with E-state index in [9.17, 15) is 14.0 Å². The molecule has 11 nitrogen and oxygen atoms in total. The minimum Gasteiger partial charge on any atom is -0.443 e. The molecule has 0 N–H and O–H groups in total.